The predicted octanol–water partition coefficient (Wildman–Crippen LogP) is 5.69. The van der Waals surface area contributed by atoms with Crippen molar-refractivity contribution in [2.24, 2.45) is 0 Å². The molecular weight excluding hydrogens is 468 g/mol. The first-order chi connectivity index (χ1) is 16.4. The van der Waals surface area contributed by atoms with Gasteiger partial charge in [0, 0.05) is 21.5 Å². The number of rotatable bonds is 7. The number of nitrogens with one attached hydrogen (secondary N) is 2. The molecule has 0 radical (unpaired) electrons. The van der Waals surface area contributed by atoms with E-state index in [4.69, 9.17) is 4.74 Å². The van der Waals surface area contributed by atoms with E-state index < -0.39 is 0 Å². The van der Waals surface area contributed by atoms with Gasteiger partial charge in [-0.2, -0.15) is 0 Å². The number of ether oxygens (including phenoxy) is 1. The van der Waals surface area contributed by atoms with E-state index in [0.717, 1.165) is 20.8 Å². The number of thiophene rings is 1. The van der Waals surface area contributed by atoms with Gasteiger partial charge in [-0.15, -0.1) is 11.3 Å². The van der Waals surface area contributed by atoms with Crippen LogP contribution < -0.4 is 15.4 Å². The first kappa shape index (κ1) is 23.7. The Kier molecular flexibility index (Phi) is 7.14. The minimum Gasteiger partial charge on any atom is -0.495 e. The molecular formula is C25H24N4O3S2. The van der Waals surface area contributed by atoms with Gasteiger partial charge in [0.05, 0.1) is 18.0 Å². The Morgan fingerprint density at radius 3 is 2.50 bits per heavy atom. The molecule has 0 saturated heterocycles. The number of benzene rings is 2. The van der Waals surface area contributed by atoms with Gasteiger partial charge in [0.1, 0.15) is 21.9 Å². The predicted molar refractivity (Wildman–Crippen MR) is 138 cm³/mol. The lowest BCUT2D eigenvalue weighted by Crippen LogP contribution is -2.22. The van der Waals surface area contributed by atoms with E-state index in [1.54, 1.807) is 61.2 Å². The van der Waals surface area contributed by atoms with E-state index in [-0.39, 0.29) is 17.1 Å². The van der Waals surface area contributed by atoms with Crippen molar-refractivity contribution in [2.45, 2.75) is 31.0 Å². The zero-order valence-electron chi connectivity index (χ0n) is 19.2. The summed E-state index contributed by atoms with van der Waals surface area (Å²) in [5.41, 5.74) is 2.82. The molecule has 174 valence electrons. The number of carbonyl (C=O) groups excluding carboxylic acids is 2. The van der Waals surface area contributed by atoms with Crippen molar-refractivity contribution in [1.29, 1.82) is 0 Å². The zero-order valence-corrected chi connectivity index (χ0v) is 20.8. The van der Waals surface area contributed by atoms with Gasteiger partial charge in [-0.3, -0.25) is 9.59 Å². The number of thioether (sulfide) groups is 1. The summed E-state index contributed by atoms with van der Waals surface area (Å²) in [7, 11) is 1.55. The van der Waals surface area contributed by atoms with Crippen molar-refractivity contribution in [3.05, 3.63) is 70.9 Å². The molecule has 2 aromatic heterocycles. The van der Waals surface area contributed by atoms with Crippen molar-refractivity contribution < 1.29 is 14.3 Å². The summed E-state index contributed by atoms with van der Waals surface area (Å²) in [5, 5.41) is 7.20. The Hall–Kier alpha value is -3.43. The third-order valence-electron chi connectivity index (χ3n) is 5.36. The highest BCUT2D eigenvalue weighted by atomic mass is 32.2. The minimum atomic E-state index is -0.369. The van der Waals surface area contributed by atoms with Crippen molar-refractivity contribution in [3.63, 3.8) is 0 Å². The number of para-hydroxylation sites is 2. The van der Waals surface area contributed by atoms with Gasteiger partial charge in [0.15, 0.2) is 0 Å². The van der Waals surface area contributed by atoms with Crippen LogP contribution in [0.1, 0.15) is 27.7 Å². The molecule has 34 heavy (non-hydrogen) atoms. The summed E-state index contributed by atoms with van der Waals surface area (Å²) in [6.07, 6.45) is 1.54. The maximum Gasteiger partial charge on any atom is 0.255 e. The fourth-order valence-electron chi connectivity index (χ4n) is 3.35. The maximum absolute atomic E-state index is 12.8. The molecule has 4 rings (SSSR count). The van der Waals surface area contributed by atoms with Crippen LogP contribution in [0.15, 0.2) is 59.9 Å². The average Bonchev–Trinajstić information content (AvgIpc) is 3.14. The van der Waals surface area contributed by atoms with Gasteiger partial charge in [-0.25, -0.2) is 9.97 Å². The Morgan fingerprint density at radius 2 is 1.76 bits per heavy atom. The largest absolute Gasteiger partial charge is 0.495 e. The number of methoxy groups -OCH3 is 1. The van der Waals surface area contributed by atoms with Crippen molar-refractivity contribution in [3.8, 4) is 5.75 Å². The number of carbonyl (C=O) groups is 2. The second-order valence-corrected chi connectivity index (χ2v) is 10.2. The molecule has 1 atom stereocenters. The summed E-state index contributed by atoms with van der Waals surface area (Å²) in [5.74, 6) is 0.174. The Bertz CT molecular complexity index is 1350. The standard InChI is InChI=1S/C25H24N4O3S2/c1-14-15(2)33-24-21(14)25(27-13-26-24)34-16(3)22(30)28-18-11-9-17(10-12-18)23(31)29-19-7-5-6-8-20(19)32-4/h5-13,16H,1-4H3,(H,28,30)(H,29,31). The maximum atomic E-state index is 12.8. The molecule has 1 unspecified atom stereocenters. The summed E-state index contributed by atoms with van der Waals surface area (Å²) in [6.45, 7) is 5.96. The quantitative estimate of drug-likeness (QED) is 0.254. The van der Waals surface area contributed by atoms with E-state index in [9.17, 15) is 9.59 Å². The second-order valence-electron chi connectivity index (χ2n) is 7.62. The first-order valence-corrected chi connectivity index (χ1v) is 12.3. The summed E-state index contributed by atoms with van der Waals surface area (Å²) >= 11 is 3.04. The average molecular weight is 493 g/mol. The number of amides is 2. The normalized spacial score (nSPS) is 11.8. The van der Waals surface area contributed by atoms with E-state index in [1.165, 1.54) is 16.6 Å². The fraction of sp³-hybridized carbons (Fsp3) is 0.200. The summed E-state index contributed by atoms with van der Waals surface area (Å²) in [6, 6.07) is 14.0. The lowest BCUT2D eigenvalue weighted by molar-refractivity contribution is -0.115. The van der Waals surface area contributed by atoms with Gasteiger partial charge < -0.3 is 15.4 Å². The molecule has 2 heterocycles. The molecule has 0 aliphatic heterocycles. The lowest BCUT2D eigenvalue weighted by Gasteiger charge is -2.13. The summed E-state index contributed by atoms with van der Waals surface area (Å²) < 4.78 is 5.27. The van der Waals surface area contributed by atoms with Crippen molar-refractivity contribution in [2.75, 3.05) is 17.7 Å². The molecule has 2 aromatic carbocycles. The number of aromatic nitrogens is 2. The van der Waals surface area contributed by atoms with Crippen LogP contribution in [0.25, 0.3) is 10.2 Å². The molecule has 0 saturated carbocycles. The third kappa shape index (κ3) is 5.05. The van der Waals surface area contributed by atoms with Crippen LogP contribution in [0.5, 0.6) is 5.75 Å². The Labute approximate surface area is 206 Å². The van der Waals surface area contributed by atoms with Crippen LogP contribution in [0.4, 0.5) is 11.4 Å². The number of hydrogen-bond donors (Lipinski definition) is 2. The molecule has 0 fully saturated rings. The van der Waals surface area contributed by atoms with E-state index in [0.29, 0.717) is 22.7 Å². The molecule has 7 nitrogen and oxygen atoms in total. The number of nitrogens with zero attached hydrogens (tertiary/aromatic N) is 2. The molecule has 0 aliphatic rings. The Morgan fingerprint density at radius 1 is 1.03 bits per heavy atom. The molecule has 2 amide bonds. The van der Waals surface area contributed by atoms with Crippen LogP contribution in [0.3, 0.4) is 0 Å². The third-order valence-corrected chi connectivity index (χ3v) is 7.57. The minimum absolute atomic E-state index is 0.146. The highest BCUT2D eigenvalue weighted by Crippen LogP contribution is 2.36. The lowest BCUT2D eigenvalue weighted by atomic mass is 10.2. The molecule has 0 spiro atoms. The number of aryl methyl sites for hydroxylation is 2. The topological polar surface area (TPSA) is 93.2 Å². The van der Waals surface area contributed by atoms with Crippen LogP contribution >= 0.6 is 23.1 Å². The molecule has 2 N–H and O–H groups in total. The number of hydrogen-bond acceptors (Lipinski definition) is 7. The molecule has 0 bridgehead atoms. The van der Waals surface area contributed by atoms with Gasteiger partial charge >= 0.3 is 0 Å². The van der Waals surface area contributed by atoms with Crippen LogP contribution in [0.2, 0.25) is 0 Å². The molecule has 0 aliphatic carbocycles. The van der Waals surface area contributed by atoms with Crippen LogP contribution in [-0.4, -0.2) is 34.1 Å². The fourth-order valence-corrected chi connectivity index (χ4v) is 5.39. The smallest absolute Gasteiger partial charge is 0.255 e. The van der Waals surface area contributed by atoms with E-state index >= 15 is 0 Å². The zero-order chi connectivity index (χ0) is 24.2. The van der Waals surface area contributed by atoms with Gasteiger partial charge in [-0.1, -0.05) is 23.9 Å². The molecule has 4 aromatic rings. The Balaban J connectivity index is 1.40. The number of anilines is 2. The van der Waals surface area contributed by atoms with E-state index in [2.05, 4.69) is 34.4 Å². The van der Waals surface area contributed by atoms with Crippen LogP contribution in [0, 0.1) is 13.8 Å². The second kappa shape index (κ2) is 10.2. The van der Waals surface area contributed by atoms with Gasteiger partial charge in [-0.05, 0) is 62.7 Å². The first-order valence-electron chi connectivity index (χ1n) is 10.6. The van der Waals surface area contributed by atoms with Gasteiger partial charge in [0.25, 0.3) is 5.91 Å². The van der Waals surface area contributed by atoms with Crippen LogP contribution in [-0.2, 0) is 4.79 Å². The molecule has 9 heteroatoms. The monoisotopic (exact) mass is 492 g/mol. The number of fused-ring (bicyclic) bond motifs is 1. The highest BCUT2D eigenvalue weighted by molar-refractivity contribution is 8.00. The summed E-state index contributed by atoms with van der Waals surface area (Å²) in [4.78, 5) is 36.3. The van der Waals surface area contributed by atoms with Crippen molar-refractivity contribution >= 4 is 56.5 Å². The highest BCUT2D eigenvalue weighted by Gasteiger charge is 2.20. The van der Waals surface area contributed by atoms with Crippen molar-refractivity contribution in [1.82, 2.24) is 9.97 Å². The SMILES string of the molecule is COc1ccccc1NC(=O)c1ccc(NC(=O)C(C)Sc2ncnc3sc(C)c(C)c23)cc1. The van der Waals surface area contributed by atoms with E-state index in [1.807, 2.05) is 19.1 Å². The van der Waals surface area contributed by atoms with Gasteiger partial charge in [0.2, 0.25) is 5.91 Å².